The van der Waals surface area contributed by atoms with E-state index >= 15 is 0 Å². The highest BCUT2D eigenvalue weighted by atomic mass is 15.3. The highest BCUT2D eigenvalue weighted by molar-refractivity contribution is 5.56. The molecule has 0 saturated heterocycles. The fraction of sp³-hybridized carbons (Fsp3) is 0.800. The molecule has 0 saturated carbocycles. The highest BCUT2D eigenvalue weighted by Crippen LogP contribution is 1.93. The minimum Gasteiger partial charge on any atom is -0.310 e. The van der Waals surface area contributed by atoms with E-state index in [-0.39, 0.29) is 0 Å². The molecule has 0 aromatic rings. The van der Waals surface area contributed by atoms with Crippen LogP contribution in [0.5, 0.6) is 0 Å². The van der Waals surface area contributed by atoms with Crippen LogP contribution in [0, 0.1) is 0 Å². The molecule has 0 bridgehead atoms. The zero-order chi connectivity index (χ0) is 4.95. The lowest BCUT2D eigenvalue weighted by Gasteiger charge is -1.89. The smallest absolute Gasteiger partial charge is 0.0835 e. The molecule has 1 aliphatic rings. The van der Waals surface area contributed by atoms with E-state index in [9.17, 15) is 0 Å². The van der Waals surface area contributed by atoms with E-state index in [4.69, 9.17) is 0 Å². The van der Waals surface area contributed by atoms with Crippen LogP contribution in [0.1, 0.15) is 19.3 Å². The van der Waals surface area contributed by atoms with Gasteiger partial charge in [-0.3, -0.25) is 0 Å². The summed E-state index contributed by atoms with van der Waals surface area (Å²) in [6.07, 6.45) is 6.35. The number of hydrazone groups is 1. The van der Waals surface area contributed by atoms with Gasteiger partial charge in [-0.25, -0.2) is 0 Å². The molecule has 0 spiro atoms. The normalized spacial score (nSPS) is 20.6. The van der Waals surface area contributed by atoms with Crippen molar-refractivity contribution >= 4 is 6.21 Å². The molecule has 0 unspecified atom stereocenters. The Morgan fingerprint density at radius 2 is 2.43 bits per heavy atom. The number of hydrogen-bond donors (Lipinski definition) is 1. The number of rotatable bonds is 0. The number of hydrogen-bond acceptors (Lipinski definition) is 2. The van der Waals surface area contributed by atoms with E-state index in [1.807, 2.05) is 0 Å². The maximum Gasteiger partial charge on any atom is 0.0835 e. The van der Waals surface area contributed by atoms with E-state index in [0.717, 1.165) is 13.0 Å². The van der Waals surface area contributed by atoms with Crippen molar-refractivity contribution in [1.82, 2.24) is 5.43 Å². The fourth-order valence-electron chi connectivity index (χ4n) is 0.576. The molecule has 0 atom stereocenters. The van der Waals surface area contributed by atoms with Crippen LogP contribution in [0.3, 0.4) is 0 Å². The Morgan fingerprint density at radius 1 is 1.43 bits per heavy atom. The third kappa shape index (κ3) is 1.57. The molecule has 0 amide bonds. The Hall–Kier alpha value is -0.530. The van der Waals surface area contributed by atoms with E-state index in [1.165, 1.54) is 12.8 Å². The molecule has 1 N–H and O–H groups in total. The molecule has 1 radical (unpaired) electrons. The van der Waals surface area contributed by atoms with Gasteiger partial charge in [0.25, 0.3) is 0 Å². The predicted molar refractivity (Wildman–Crippen MR) is 29.3 cm³/mol. The maximum absolute atomic E-state index is 3.77. The van der Waals surface area contributed by atoms with Crippen LogP contribution in [0.4, 0.5) is 0 Å². The molecule has 0 aliphatic carbocycles. The lowest BCUT2D eigenvalue weighted by Crippen LogP contribution is -2.03. The lowest BCUT2D eigenvalue weighted by molar-refractivity contribution is 0.686. The van der Waals surface area contributed by atoms with Crippen molar-refractivity contribution in [2.75, 3.05) is 6.54 Å². The van der Waals surface area contributed by atoms with E-state index in [2.05, 4.69) is 16.7 Å². The number of nitrogens with zero attached hydrogens (tertiary/aromatic N) is 1. The molecule has 2 nitrogen and oxygen atoms in total. The summed E-state index contributed by atoms with van der Waals surface area (Å²) in [4.78, 5) is 0. The van der Waals surface area contributed by atoms with E-state index < -0.39 is 0 Å². The molecule has 1 heterocycles. The van der Waals surface area contributed by atoms with Crippen molar-refractivity contribution in [2.45, 2.75) is 19.3 Å². The van der Waals surface area contributed by atoms with Gasteiger partial charge >= 0.3 is 0 Å². The Balaban J connectivity index is 2.20. The van der Waals surface area contributed by atoms with Gasteiger partial charge in [0.05, 0.1) is 6.21 Å². The minimum atomic E-state index is 1.02. The first kappa shape index (κ1) is 4.62. The fourth-order valence-corrected chi connectivity index (χ4v) is 0.576. The van der Waals surface area contributed by atoms with Crippen LogP contribution in [0.25, 0.3) is 0 Å². The highest BCUT2D eigenvalue weighted by Gasteiger charge is 1.88. The van der Waals surface area contributed by atoms with Crippen LogP contribution in [-0.2, 0) is 0 Å². The van der Waals surface area contributed by atoms with E-state index in [1.54, 1.807) is 0 Å². The lowest BCUT2D eigenvalue weighted by atomic mass is 10.2. The third-order valence-electron chi connectivity index (χ3n) is 0.985. The summed E-state index contributed by atoms with van der Waals surface area (Å²) < 4.78 is 0. The van der Waals surface area contributed by atoms with Gasteiger partial charge in [0, 0.05) is 6.54 Å². The zero-order valence-electron chi connectivity index (χ0n) is 4.28. The van der Waals surface area contributed by atoms with Gasteiger partial charge < -0.3 is 5.43 Å². The zero-order valence-corrected chi connectivity index (χ0v) is 4.28. The second kappa shape index (κ2) is 2.61. The van der Waals surface area contributed by atoms with Crippen LogP contribution in [-0.4, -0.2) is 12.8 Å². The first-order valence-corrected chi connectivity index (χ1v) is 2.65. The molecule has 2 heteroatoms. The Kier molecular flexibility index (Phi) is 1.72. The van der Waals surface area contributed by atoms with Crippen molar-refractivity contribution in [3.8, 4) is 0 Å². The molecule has 0 aromatic carbocycles. The van der Waals surface area contributed by atoms with Gasteiger partial charge in [-0.15, -0.1) is 0 Å². The van der Waals surface area contributed by atoms with Gasteiger partial charge in [0.15, 0.2) is 0 Å². The number of nitrogens with one attached hydrogen (secondary N) is 1. The second-order valence-electron chi connectivity index (χ2n) is 1.64. The van der Waals surface area contributed by atoms with Crippen molar-refractivity contribution in [2.24, 2.45) is 5.10 Å². The van der Waals surface area contributed by atoms with Crippen LogP contribution >= 0.6 is 0 Å². The van der Waals surface area contributed by atoms with Crippen molar-refractivity contribution in [3.63, 3.8) is 0 Å². The van der Waals surface area contributed by atoms with Gasteiger partial charge in [0.1, 0.15) is 0 Å². The summed E-state index contributed by atoms with van der Waals surface area (Å²) in [5, 5.41) is 3.77. The molecule has 7 heavy (non-hydrogen) atoms. The summed E-state index contributed by atoms with van der Waals surface area (Å²) in [5.74, 6) is 0. The Bertz CT molecular complexity index is 60.5. The first-order valence-electron chi connectivity index (χ1n) is 2.65. The van der Waals surface area contributed by atoms with Gasteiger partial charge in [-0.05, 0) is 19.3 Å². The van der Waals surface area contributed by atoms with Gasteiger partial charge in [0.2, 0.25) is 0 Å². The molecule has 1 aliphatic heterocycles. The molecule has 1 rings (SSSR count). The van der Waals surface area contributed by atoms with Crippen molar-refractivity contribution < 1.29 is 0 Å². The molecular formula is C5H9N2. The van der Waals surface area contributed by atoms with Gasteiger partial charge in [-0.1, -0.05) is 0 Å². The summed E-state index contributed by atoms with van der Waals surface area (Å²) in [6, 6.07) is 0. The summed E-state index contributed by atoms with van der Waals surface area (Å²) >= 11 is 0. The topological polar surface area (TPSA) is 24.4 Å². The van der Waals surface area contributed by atoms with Crippen LogP contribution in [0.15, 0.2) is 5.10 Å². The molecular weight excluding hydrogens is 88.1 g/mol. The monoisotopic (exact) mass is 97.1 g/mol. The Labute approximate surface area is 43.6 Å². The second-order valence-corrected chi connectivity index (χ2v) is 1.64. The average Bonchev–Trinajstić information content (AvgIpc) is 1.90. The summed E-state index contributed by atoms with van der Waals surface area (Å²) in [7, 11) is 0. The standard InChI is InChI=1S/C5H9N2/c1-2-4-6-7-5-3-1/h6H,1-4H2. The first-order chi connectivity index (χ1) is 3.50. The largest absolute Gasteiger partial charge is 0.310 e. The third-order valence-corrected chi connectivity index (χ3v) is 0.985. The molecule has 39 valence electrons. The van der Waals surface area contributed by atoms with E-state index in [0.29, 0.717) is 0 Å². The maximum atomic E-state index is 3.77. The van der Waals surface area contributed by atoms with Crippen LogP contribution in [0.2, 0.25) is 0 Å². The predicted octanol–water partition coefficient (Wildman–Crippen LogP) is 0.623. The average molecular weight is 97.1 g/mol. The van der Waals surface area contributed by atoms with Gasteiger partial charge in [-0.2, -0.15) is 5.10 Å². The molecule has 0 aromatic heterocycles. The summed E-state index contributed by atoms with van der Waals surface area (Å²) in [5.41, 5.74) is 2.86. The van der Waals surface area contributed by atoms with Crippen LogP contribution < -0.4 is 5.43 Å². The van der Waals surface area contributed by atoms with Crippen molar-refractivity contribution in [3.05, 3.63) is 0 Å². The Morgan fingerprint density at radius 3 is 3.43 bits per heavy atom. The summed E-state index contributed by atoms with van der Waals surface area (Å²) in [6.45, 7) is 1.02. The van der Waals surface area contributed by atoms with Crippen molar-refractivity contribution in [1.29, 1.82) is 0 Å². The molecule has 0 fully saturated rings. The minimum absolute atomic E-state index is 1.02. The SMILES string of the molecule is [C]1=NNCCCC1. The quantitative estimate of drug-likeness (QED) is 0.471.